The van der Waals surface area contributed by atoms with Gasteiger partial charge in [0.15, 0.2) is 5.82 Å². The zero-order chi connectivity index (χ0) is 13.8. The maximum atomic E-state index is 6.25. The van der Waals surface area contributed by atoms with E-state index >= 15 is 0 Å². The fourth-order valence-electron chi connectivity index (χ4n) is 2.68. The molecule has 0 bridgehead atoms. The fourth-order valence-corrected chi connectivity index (χ4v) is 3.37. The molecule has 3 nitrogen and oxygen atoms in total. The summed E-state index contributed by atoms with van der Waals surface area (Å²) in [5, 5.41) is 0.505. The fraction of sp³-hybridized carbons (Fsp3) is 0.714. The normalized spacial score (nSPS) is 17.9. The minimum Gasteiger partial charge on any atom is -0.373 e. The summed E-state index contributed by atoms with van der Waals surface area (Å²) in [6.07, 6.45) is 6.82. The lowest BCUT2D eigenvalue weighted by Gasteiger charge is -2.17. The van der Waals surface area contributed by atoms with Crippen molar-refractivity contribution in [3.05, 3.63) is 21.1 Å². The Labute approximate surface area is 128 Å². The second kappa shape index (κ2) is 7.00. The Morgan fingerprint density at radius 3 is 2.63 bits per heavy atom. The molecule has 0 N–H and O–H groups in total. The summed E-state index contributed by atoms with van der Waals surface area (Å²) in [6, 6.07) is 0. The van der Waals surface area contributed by atoms with E-state index < -0.39 is 0 Å². The van der Waals surface area contributed by atoms with E-state index in [4.69, 9.17) is 21.3 Å². The Morgan fingerprint density at radius 2 is 2.05 bits per heavy atom. The maximum absolute atomic E-state index is 6.25. The number of ether oxygens (including phenoxy) is 1. The predicted molar refractivity (Wildman–Crippen MR) is 80.6 cm³/mol. The molecule has 0 amide bonds. The molecular formula is C14H20BrClN2O. The van der Waals surface area contributed by atoms with Crippen LogP contribution in [0, 0.1) is 0 Å². The number of hydrogen-bond donors (Lipinski definition) is 0. The number of nitrogens with zero attached hydrogens (tertiary/aromatic N) is 2. The molecule has 2 rings (SSSR count). The molecule has 1 atom stereocenters. The van der Waals surface area contributed by atoms with Crippen LogP contribution in [0.15, 0.2) is 4.47 Å². The SMILES string of the molecule is CCCC(OC)c1nc(Cl)c(Br)c(C2CCCC2)n1. The summed E-state index contributed by atoms with van der Waals surface area (Å²) >= 11 is 9.78. The van der Waals surface area contributed by atoms with Gasteiger partial charge in [-0.3, -0.25) is 0 Å². The summed E-state index contributed by atoms with van der Waals surface area (Å²) in [4.78, 5) is 9.11. The van der Waals surface area contributed by atoms with Crippen LogP contribution in [0.1, 0.15) is 69.0 Å². The van der Waals surface area contributed by atoms with Gasteiger partial charge < -0.3 is 4.74 Å². The van der Waals surface area contributed by atoms with Crippen LogP contribution in [0.25, 0.3) is 0 Å². The highest BCUT2D eigenvalue weighted by atomic mass is 79.9. The average Bonchev–Trinajstić information content (AvgIpc) is 2.93. The summed E-state index contributed by atoms with van der Waals surface area (Å²) in [7, 11) is 1.70. The predicted octanol–water partition coefficient (Wildman–Crippen LogP) is 5.04. The van der Waals surface area contributed by atoms with Gasteiger partial charge in [0.1, 0.15) is 11.3 Å². The molecule has 1 fully saturated rings. The highest BCUT2D eigenvalue weighted by molar-refractivity contribution is 9.10. The molecule has 1 unspecified atom stereocenters. The average molecular weight is 348 g/mol. The highest BCUT2D eigenvalue weighted by Crippen LogP contribution is 2.39. The lowest BCUT2D eigenvalue weighted by Crippen LogP contribution is -2.11. The standard InChI is InChI=1S/C14H20BrClN2O/c1-3-6-10(19-2)14-17-12(9-7-4-5-8-9)11(15)13(16)18-14/h9-10H,3-8H2,1-2H3. The van der Waals surface area contributed by atoms with Gasteiger partial charge in [-0.1, -0.05) is 37.8 Å². The lowest BCUT2D eigenvalue weighted by atomic mass is 10.0. The van der Waals surface area contributed by atoms with Crippen molar-refractivity contribution in [1.29, 1.82) is 0 Å². The second-order valence-electron chi connectivity index (χ2n) is 5.07. The third-order valence-corrected chi connectivity index (χ3v) is 5.00. The third-order valence-electron chi connectivity index (χ3n) is 3.72. The zero-order valence-corrected chi connectivity index (χ0v) is 13.8. The monoisotopic (exact) mass is 346 g/mol. The Hall–Kier alpha value is -0.190. The number of aromatic nitrogens is 2. The molecule has 0 spiro atoms. The summed E-state index contributed by atoms with van der Waals surface area (Å²) in [5.41, 5.74) is 1.06. The molecule has 5 heteroatoms. The van der Waals surface area contributed by atoms with Gasteiger partial charge in [0.25, 0.3) is 0 Å². The molecule has 0 radical (unpaired) electrons. The van der Waals surface area contributed by atoms with Crippen LogP contribution in [-0.4, -0.2) is 17.1 Å². The van der Waals surface area contributed by atoms with Gasteiger partial charge in [-0.25, -0.2) is 9.97 Å². The van der Waals surface area contributed by atoms with Crippen LogP contribution in [0.2, 0.25) is 5.15 Å². The van der Waals surface area contributed by atoms with E-state index in [2.05, 4.69) is 27.8 Å². The van der Waals surface area contributed by atoms with E-state index in [1.807, 2.05) is 0 Å². The van der Waals surface area contributed by atoms with Gasteiger partial charge in [0.05, 0.1) is 10.2 Å². The van der Waals surface area contributed by atoms with Gasteiger partial charge in [-0.15, -0.1) is 0 Å². The second-order valence-corrected chi connectivity index (χ2v) is 6.22. The molecule has 1 heterocycles. The van der Waals surface area contributed by atoms with Crippen LogP contribution in [0.5, 0.6) is 0 Å². The molecule has 0 saturated heterocycles. The van der Waals surface area contributed by atoms with E-state index in [-0.39, 0.29) is 6.10 Å². The minimum atomic E-state index is -0.0595. The van der Waals surface area contributed by atoms with E-state index in [9.17, 15) is 0 Å². The number of rotatable bonds is 5. The third kappa shape index (κ3) is 3.47. The minimum absolute atomic E-state index is 0.0595. The van der Waals surface area contributed by atoms with Crippen molar-refractivity contribution >= 4 is 27.5 Å². The summed E-state index contributed by atoms with van der Waals surface area (Å²) in [6.45, 7) is 2.13. The van der Waals surface area contributed by atoms with Gasteiger partial charge in [-0.05, 0) is 35.2 Å². The molecule has 1 aromatic rings. The summed E-state index contributed by atoms with van der Waals surface area (Å²) < 4.78 is 6.35. The molecule has 0 aliphatic heterocycles. The molecule has 19 heavy (non-hydrogen) atoms. The van der Waals surface area contributed by atoms with Gasteiger partial charge in [0, 0.05) is 13.0 Å². The molecular weight excluding hydrogens is 328 g/mol. The quantitative estimate of drug-likeness (QED) is 0.700. The van der Waals surface area contributed by atoms with Crippen LogP contribution in [-0.2, 0) is 4.74 Å². The number of methoxy groups -OCH3 is 1. The van der Waals surface area contributed by atoms with Crippen molar-refractivity contribution in [2.45, 2.75) is 57.5 Å². The van der Waals surface area contributed by atoms with Gasteiger partial charge in [0.2, 0.25) is 0 Å². The van der Waals surface area contributed by atoms with Crippen molar-refractivity contribution in [3.8, 4) is 0 Å². The number of hydrogen-bond acceptors (Lipinski definition) is 3. The highest BCUT2D eigenvalue weighted by Gasteiger charge is 2.25. The Kier molecular flexibility index (Phi) is 5.60. The number of halogens is 2. The first-order valence-electron chi connectivity index (χ1n) is 6.93. The first kappa shape index (κ1) is 15.2. The molecule has 0 aromatic carbocycles. The smallest absolute Gasteiger partial charge is 0.159 e. The van der Waals surface area contributed by atoms with E-state index in [0.29, 0.717) is 11.1 Å². The van der Waals surface area contributed by atoms with Crippen LogP contribution < -0.4 is 0 Å². The van der Waals surface area contributed by atoms with E-state index in [1.54, 1.807) is 7.11 Å². The first-order valence-corrected chi connectivity index (χ1v) is 8.10. The molecule has 106 valence electrons. The zero-order valence-electron chi connectivity index (χ0n) is 11.5. The lowest BCUT2D eigenvalue weighted by molar-refractivity contribution is 0.0873. The van der Waals surface area contributed by atoms with Crippen molar-refractivity contribution in [2.75, 3.05) is 7.11 Å². The maximum Gasteiger partial charge on any atom is 0.159 e. The Balaban J connectivity index is 2.34. The van der Waals surface area contributed by atoms with E-state index in [0.717, 1.165) is 28.8 Å². The van der Waals surface area contributed by atoms with Gasteiger partial charge in [-0.2, -0.15) is 0 Å². The largest absolute Gasteiger partial charge is 0.373 e. The first-order chi connectivity index (χ1) is 9.17. The van der Waals surface area contributed by atoms with Crippen molar-refractivity contribution in [1.82, 2.24) is 9.97 Å². The topological polar surface area (TPSA) is 35.0 Å². The van der Waals surface area contributed by atoms with Crippen LogP contribution >= 0.6 is 27.5 Å². The van der Waals surface area contributed by atoms with Crippen molar-refractivity contribution in [2.24, 2.45) is 0 Å². The van der Waals surface area contributed by atoms with Crippen LogP contribution in [0.4, 0.5) is 0 Å². The van der Waals surface area contributed by atoms with Crippen molar-refractivity contribution < 1.29 is 4.74 Å². The van der Waals surface area contributed by atoms with Gasteiger partial charge >= 0.3 is 0 Å². The molecule has 1 aromatic heterocycles. The van der Waals surface area contributed by atoms with Crippen LogP contribution in [0.3, 0.4) is 0 Å². The summed E-state index contributed by atoms with van der Waals surface area (Å²) in [5.74, 6) is 1.23. The molecule has 1 aliphatic carbocycles. The Bertz CT molecular complexity index is 436. The van der Waals surface area contributed by atoms with Crippen molar-refractivity contribution in [3.63, 3.8) is 0 Å². The Morgan fingerprint density at radius 1 is 1.37 bits per heavy atom. The van der Waals surface area contributed by atoms with E-state index in [1.165, 1.54) is 25.7 Å². The molecule has 1 saturated carbocycles. The molecule has 1 aliphatic rings.